The lowest BCUT2D eigenvalue weighted by Crippen LogP contribution is -2.50. The van der Waals surface area contributed by atoms with E-state index in [0.29, 0.717) is 23.5 Å². The molecule has 0 aliphatic rings. The Kier molecular flexibility index (Phi) is 13.9. The number of hydrogen-bond acceptors (Lipinski definition) is 7. The molecule has 8 heteroatoms. The van der Waals surface area contributed by atoms with Gasteiger partial charge in [0.1, 0.15) is 5.75 Å². The Morgan fingerprint density at radius 2 is 1.20 bits per heavy atom. The molecule has 0 saturated carbocycles. The maximum absolute atomic E-state index is 9.39. The van der Waals surface area contributed by atoms with Crippen LogP contribution in [0.1, 0.15) is 95.2 Å². The molecule has 7 nitrogen and oxygen atoms in total. The lowest BCUT2D eigenvalue weighted by molar-refractivity contribution is 0.0697. The summed E-state index contributed by atoms with van der Waals surface area (Å²) < 4.78 is 5.47. The molecular weight excluding hydrogens is 405 g/mol. The van der Waals surface area contributed by atoms with Crippen molar-refractivity contribution in [2.24, 2.45) is 5.73 Å². The van der Waals surface area contributed by atoms with Gasteiger partial charge in [-0.3, -0.25) is 0 Å². The minimum atomic E-state index is -2.40. The molecule has 7 N–H and O–H groups in total. The smallest absolute Gasteiger partial charge is 0.391 e. The zero-order valence-electron chi connectivity index (χ0n) is 19.3. The number of aliphatic hydroxyl groups is 3. The van der Waals surface area contributed by atoms with E-state index in [1.54, 1.807) is 0 Å². The molecule has 0 aliphatic carbocycles. The summed E-state index contributed by atoms with van der Waals surface area (Å²) in [6.07, 6.45) is 3.08. The predicted octanol–water partition coefficient (Wildman–Crippen LogP) is 3.48. The normalized spacial score (nSPS) is 14.7. The van der Waals surface area contributed by atoms with Gasteiger partial charge in [0.25, 0.3) is 0 Å². The van der Waals surface area contributed by atoms with E-state index in [4.69, 9.17) is 25.6 Å². The Morgan fingerprint density at radius 1 is 0.833 bits per heavy atom. The van der Waals surface area contributed by atoms with Gasteiger partial charge < -0.3 is 35.4 Å². The molecule has 3 atom stereocenters. The van der Waals surface area contributed by atoms with Gasteiger partial charge in [-0.25, -0.2) is 0 Å². The molecule has 0 spiro atoms. The van der Waals surface area contributed by atoms with Crippen LogP contribution in [0.15, 0.2) is 12.1 Å². The fourth-order valence-electron chi connectivity index (χ4n) is 2.73. The molecule has 1 aromatic carbocycles. The van der Waals surface area contributed by atoms with Gasteiger partial charge in [-0.15, -0.1) is 0 Å². The summed E-state index contributed by atoms with van der Waals surface area (Å²) >= 11 is 0. The Bertz CT molecular complexity index is 570. The standard InChI is InChI=1S/C18H31O3P.C4H11NO3/c1-7-12(4)15-10-16(13(5)8-2)18(21-22(19)20)17(11-15)14(6)9-3;5-4(1-6,2-7)3-8/h10-14,19-20H,7-9H2,1-6H3;6-8H,1-3,5H2. The van der Waals surface area contributed by atoms with Crippen molar-refractivity contribution in [2.75, 3.05) is 19.8 Å². The first-order valence-corrected chi connectivity index (χ1v) is 11.8. The third kappa shape index (κ3) is 8.75. The van der Waals surface area contributed by atoms with E-state index < -0.39 is 34.0 Å². The van der Waals surface area contributed by atoms with E-state index in [1.807, 2.05) is 0 Å². The van der Waals surface area contributed by atoms with Crippen molar-refractivity contribution in [1.82, 2.24) is 0 Å². The van der Waals surface area contributed by atoms with Gasteiger partial charge in [-0.2, -0.15) is 0 Å². The Hall–Kier alpha value is -0.790. The summed E-state index contributed by atoms with van der Waals surface area (Å²) in [7, 11) is -2.40. The molecular formula is C22H42NO6P. The van der Waals surface area contributed by atoms with Crippen LogP contribution in [-0.4, -0.2) is 50.5 Å². The lowest BCUT2D eigenvalue weighted by atomic mass is 9.85. The van der Waals surface area contributed by atoms with Crippen molar-refractivity contribution >= 4 is 8.60 Å². The summed E-state index contributed by atoms with van der Waals surface area (Å²) in [6, 6.07) is 4.39. The largest absolute Gasteiger partial charge is 0.426 e. The van der Waals surface area contributed by atoms with Crippen molar-refractivity contribution in [3.63, 3.8) is 0 Å². The molecule has 0 radical (unpaired) electrons. The maximum Gasteiger partial charge on any atom is 0.391 e. The van der Waals surface area contributed by atoms with Gasteiger partial charge in [0.2, 0.25) is 0 Å². The van der Waals surface area contributed by atoms with Crippen LogP contribution < -0.4 is 10.3 Å². The second kappa shape index (κ2) is 14.3. The molecule has 0 aromatic heterocycles. The third-order valence-corrected chi connectivity index (χ3v) is 6.10. The Labute approximate surface area is 182 Å². The third-order valence-electron chi connectivity index (χ3n) is 5.75. The fraction of sp³-hybridized carbons (Fsp3) is 0.727. The second-order valence-corrected chi connectivity index (χ2v) is 8.83. The Morgan fingerprint density at radius 3 is 1.43 bits per heavy atom. The van der Waals surface area contributed by atoms with Crippen LogP contribution in [0.3, 0.4) is 0 Å². The zero-order chi connectivity index (χ0) is 23.5. The van der Waals surface area contributed by atoms with Gasteiger partial charge >= 0.3 is 8.60 Å². The zero-order valence-corrected chi connectivity index (χ0v) is 20.2. The molecule has 176 valence electrons. The van der Waals surface area contributed by atoms with Crippen LogP contribution in [0.5, 0.6) is 5.75 Å². The molecule has 0 heterocycles. The first kappa shape index (κ1) is 29.2. The number of aliphatic hydroxyl groups excluding tert-OH is 3. The molecule has 30 heavy (non-hydrogen) atoms. The van der Waals surface area contributed by atoms with Crippen molar-refractivity contribution in [1.29, 1.82) is 0 Å². The van der Waals surface area contributed by atoms with Crippen molar-refractivity contribution in [3.8, 4) is 5.75 Å². The molecule has 1 rings (SSSR count). The van der Waals surface area contributed by atoms with E-state index in [0.717, 1.165) is 30.4 Å². The van der Waals surface area contributed by atoms with E-state index in [1.165, 1.54) is 5.56 Å². The van der Waals surface area contributed by atoms with E-state index >= 15 is 0 Å². The molecule has 0 bridgehead atoms. The number of rotatable bonds is 11. The molecule has 3 unspecified atom stereocenters. The molecule has 0 aliphatic heterocycles. The van der Waals surface area contributed by atoms with Crippen molar-refractivity contribution in [2.45, 2.75) is 84.1 Å². The number of hydrogen-bond donors (Lipinski definition) is 6. The number of benzene rings is 1. The highest BCUT2D eigenvalue weighted by Gasteiger charge is 2.23. The van der Waals surface area contributed by atoms with Gasteiger partial charge in [0.05, 0.1) is 25.4 Å². The van der Waals surface area contributed by atoms with Crippen LogP contribution in [0, 0.1) is 0 Å². The summed E-state index contributed by atoms with van der Waals surface area (Å²) in [6.45, 7) is 11.9. The lowest BCUT2D eigenvalue weighted by Gasteiger charge is -2.25. The van der Waals surface area contributed by atoms with Crippen LogP contribution in [0.2, 0.25) is 0 Å². The summed E-state index contributed by atoms with van der Waals surface area (Å²) in [5.74, 6) is 1.84. The van der Waals surface area contributed by atoms with Crippen LogP contribution in [0.4, 0.5) is 0 Å². The average molecular weight is 448 g/mol. The maximum atomic E-state index is 9.39. The van der Waals surface area contributed by atoms with E-state index in [-0.39, 0.29) is 0 Å². The second-order valence-electron chi connectivity index (χ2n) is 8.14. The summed E-state index contributed by atoms with van der Waals surface area (Å²) in [5.41, 5.74) is 7.46. The van der Waals surface area contributed by atoms with Crippen LogP contribution in [0.25, 0.3) is 0 Å². The minimum absolute atomic E-state index is 0.330. The van der Waals surface area contributed by atoms with E-state index in [2.05, 4.69) is 53.7 Å². The highest BCUT2D eigenvalue weighted by molar-refractivity contribution is 7.39. The quantitative estimate of drug-likeness (QED) is 0.286. The first-order chi connectivity index (χ1) is 14.0. The van der Waals surface area contributed by atoms with E-state index in [9.17, 15) is 9.79 Å². The monoisotopic (exact) mass is 447 g/mol. The first-order valence-electron chi connectivity index (χ1n) is 10.7. The SMILES string of the molecule is CCC(C)c1cc(C(C)CC)c(OP(O)O)c(C(C)CC)c1.NC(CO)(CO)CO. The summed E-state index contributed by atoms with van der Waals surface area (Å²) in [4.78, 5) is 18.8. The van der Waals surface area contributed by atoms with Gasteiger partial charge in [-0.1, -0.05) is 53.7 Å². The molecule has 0 amide bonds. The van der Waals surface area contributed by atoms with Crippen LogP contribution in [-0.2, 0) is 0 Å². The molecule has 0 saturated heterocycles. The van der Waals surface area contributed by atoms with Gasteiger partial charge in [0, 0.05) is 0 Å². The minimum Gasteiger partial charge on any atom is -0.426 e. The highest BCUT2D eigenvalue weighted by atomic mass is 31.2. The average Bonchev–Trinajstić information content (AvgIpc) is 2.76. The summed E-state index contributed by atoms with van der Waals surface area (Å²) in [5, 5.41) is 25.0. The predicted molar refractivity (Wildman–Crippen MR) is 123 cm³/mol. The Balaban J connectivity index is 0.000000890. The topological polar surface area (TPSA) is 136 Å². The van der Waals surface area contributed by atoms with Gasteiger partial charge in [0.15, 0.2) is 0 Å². The number of nitrogens with two attached hydrogens (primary N) is 1. The fourth-order valence-corrected chi connectivity index (χ4v) is 3.10. The molecule has 1 aromatic rings. The van der Waals surface area contributed by atoms with Crippen LogP contribution >= 0.6 is 8.60 Å². The molecule has 0 fully saturated rings. The van der Waals surface area contributed by atoms with Gasteiger partial charge in [-0.05, 0) is 53.7 Å². The highest BCUT2D eigenvalue weighted by Crippen LogP contribution is 2.44. The van der Waals surface area contributed by atoms with Crippen molar-refractivity contribution in [3.05, 3.63) is 28.8 Å². The van der Waals surface area contributed by atoms with Crippen molar-refractivity contribution < 1.29 is 29.6 Å².